The molecular weight excluding hydrogens is 562 g/mol. The highest BCUT2D eigenvalue weighted by Crippen LogP contribution is 2.28. The molecule has 41 heavy (non-hydrogen) atoms. The van der Waals surface area contributed by atoms with Gasteiger partial charge in [0.25, 0.3) is 0 Å². The van der Waals surface area contributed by atoms with E-state index in [-0.39, 0.29) is 35.6 Å². The van der Waals surface area contributed by atoms with Gasteiger partial charge in [-0.05, 0) is 61.1 Å². The highest BCUT2D eigenvalue weighted by molar-refractivity contribution is 7.89. The van der Waals surface area contributed by atoms with Crippen molar-refractivity contribution in [3.63, 3.8) is 0 Å². The summed E-state index contributed by atoms with van der Waals surface area (Å²) in [5.41, 5.74) is 5.59. The maximum absolute atomic E-state index is 13.6. The van der Waals surface area contributed by atoms with Crippen LogP contribution >= 0.6 is 12.4 Å². The predicted octanol–water partition coefficient (Wildman–Crippen LogP) is 3.98. The van der Waals surface area contributed by atoms with Crippen LogP contribution in [0.5, 0.6) is 0 Å². The van der Waals surface area contributed by atoms with Gasteiger partial charge in [-0.3, -0.25) is 15.0 Å². The Morgan fingerprint density at radius 3 is 2.24 bits per heavy atom. The number of amidine groups is 1. The second-order valence-corrected chi connectivity index (χ2v) is 12.6. The number of rotatable bonds is 10. The normalized spacial score (nSPS) is 15.0. The van der Waals surface area contributed by atoms with E-state index >= 15 is 0 Å². The summed E-state index contributed by atoms with van der Waals surface area (Å²) in [6, 6.07) is 18.3. The first-order valence-electron chi connectivity index (χ1n) is 13.5. The molecule has 0 unspecified atom stereocenters. The molecule has 220 valence electrons. The summed E-state index contributed by atoms with van der Waals surface area (Å²) < 4.78 is 29.6. The van der Waals surface area contributed by atoms with Crippen molar-refractivity contribution in [2.24, 2.45) is 11.7 Å². The Balaban J connectivity index is 0.00000462. The summed E-state index contributed by atoms with van der Waals surface area (Å²) in [6.07, 6.45) is 4.32. The van der Waals surface area contributed by atoms with Crippen LogP contribution in [-0.4, -0.2) is 37.6 Å². The quantitative estimate of drug-likeness (QED) is 0.176. The number of benzene rings is 3. The number of hydrogen-bond acceptors (Lipinski definition) is 5. The Morgan fingerprint density at radius 2 is 1.61 bits per heavy atom. The van der Waals surface area contributed by atoms with E-state index in [1.807, 2.05) is 24.3 Å². The third-order valence-corrected chi connectivity index (χ3v) is 8.88. The van der Waals surface area contributed by atoms with E-state index in [0.717, 1.165) is 48.4 Å². The van der Waals surface area contributed by atoms with E-state index in [4.69, 9.17) is 11.1 Å². The van der Waals surface area contributed by atoms with Crippen molar-refractivity contribution in [3.05, 3.63) is 77.9 Å². The van der Waals surface area contributed by atoms with Gasteiger partial charge in [0.2, 0.25) is 21.8 Å². The van der Waals surface area contributed by atoms with Crippen LogP contribution in [0.1, 0.15) is 57.1 Å². The Hall–Kier alpha value is -3.47. The first-order valence-corrected chi connectivity index (χ1v) is 15.0. The number of carbonyl (C=O) groups excluding carboxylic acids is 2. The van der Waals surface area contributed by atoms with Crippen molar-refractivity contribution >= 4 is 50.9 Å². The smallest absolute Gasteiger partial charge is 0.245 e. The topological polar surface area (TPSA) is 154 Å². The fourth-order valence-electron chi connectivity index (χ4n) is 5.05. The van der Waals surface area contributed by atoms with E-state index in [9.17, 15) is 18.0 Å². The maximum Gasteiger partial charge on any atom is 0.245 e. The van der Waals surface area contributed by atoms with Crippen LogP contribution in [0.3, 0.4) is 0 Å². The molecule has 3 aromatic rings. The second kappa shape index (κ2) is 13.5. The number of hydrogen-bond donors (Lipinski definition) is 5. The van der Waals surface area contributed by atoms with Gasteiger partial charge in [0.15, 0.2) is 0 Å². The monoisotopic (exact) mass is 599 g/mol. The predicted molar refractivity (Wildman–Crippen MR) is 163 cm³/mol. The second-order valence-electron chi connectivity index (χ2n) is 10.9. The molecule has 0 bridgehead atoms. The molecule has 3 aromatic carbocycles. The molecule has 11 heteroatoms. The molecule has 0 radical (unpaired) electrons. The summed E-state index contributed by atoms with van der Waals surface area (Å²) in [5.74, 6) is -1.15. The standard InChI is InChI=1S/C30H37N5O4S.ClH/c1-30(2,29(37)33-19-20-12-14-23(15-13-20)27(31)32)34-28(36)26(22-9-4-3-5-10-22)35-40(38,39)25-17-16-21-8-6-7-11-24(21)18-25;/h6-8,11-18,22,26,35H,3-5,9-10,19H2,1-2H3,(H3,31,32)(H,33,37)(H,34,36);1H/t26-;/m1./s1. The van der Waals surface area contributed by atoms with Gasteiger partial charge >= 0.3 is 0 Å². The lowest BCUT2D eigenvalue weighted by atomic mass is 9.83. The van der Waals surface area contributed by atoms with Gasteiger partial charge in [-0.2, -0.15) is 4.72 Å². The molecule has 0 spiro atoms. The first-order chi connectivity index (χ1) is 19.0. The van der Waals surface area contributed by atoms with Crippen molar-refractivity contribution in [2.45, 2.75) is 69.0 Å². The highest BCUT2D eigenvalue weighted by Gasteiger charge is 2.38. The van der Waals surface area contributed by atoms with Gasteiger partial charge in [0, 0.05) is 12.1 Å². The Labute approximate surface area is 247 Å². The Morgan fingerprint density at radius 1 is 0.976 bits per heavy atom. The molecule has 4 rings (SSSR count). The van der Waals surface area contributed by atoms with Crippen LogP contribution in [0, 0.1) is 11.3 Å². The number of sulfonamides is 1. The molecule has 0 heterocycles. The highest BCUT2D eigenvalue weighted by atomic mass is 35.5. The van der Waals surface area contributed by atoms with E-state index in [2.05, 4.69) is 15.4 Å². The minimum atomic E-state index is -4.01. The molecule has 9 nitrogen and oxygen atoms in total. The number of fused-ring (bicyclic) bond motifs is 1. The summed E-state index contributed by atoms with van der Waals surface area (Å²) >= 11 is 0. The number of nitrogen functional groups attached to an aromatic ring is 1. The van der Waals surface area contributed by atoms with Gasteiger partial charge in [0.05, 0.1) is 4.90 Å². The lowest BCUT2D eigenvalue weighted by Gasteiger charge is -2.33. The molecule has 1 atom stereocenters. The van der Waals surface area contributed by atoms with E-state index in [1.54, 1.807) is 56.3 Å². The van der Waals surface area contributed by atoms with Gasteiger partial charge in [0.1, 0.15) is 17.4 Å². The van der Waals surface area contributed by atoms with Crippen LogP contribution in [0.2, 0.25) is 0 Å². The van der Waals surface area contributed by atoms with Crippen molar-refractivity contribution in [2.75, 3.05) is 0 Å². The number of carbonyl (C=O) groups is 2. The van der Waals surface area contributed by atoms with Crippen molar-refractivity contribution in [3.8, 4) is 0 Å². The van der Waals surface area contributed by atoms with Gasteiger partial charge in [-0.15, -0.1) is 12.4 Å². The van der Waals surface area contributed by atoms with Gasteiger partial charge < -0.3 is 16.4 Å². The number of amides is 2. The molecular formula is C30H38ClN5O4S. The maximum atomic E-state index is 13.6. The summed E-state index contributed by atoms with van der Waals surface area (Å²) in [4.78, 5) is 26.8. The first kappa shape index (κ1) is 32.0. The van der Waals surface area contributed by atoms with Gasteiger partial charge in [-0.1, -0.05) is 73.9 Å². The molecule has 1 saturated carbocycles. The average Bonchev–Trinajstić information content (AvgIpc) is 2.94. The number of nitrogens with one attached hydrogen (secondary N) is 4. The van der Waals surface area contributed by atoms with Crippen LogP contribution in [0.15, 0.2) is 71.6 Å². The molecule has 0 saturated heterocycles. The number of nitrogens with two attached hydrogens (primary N) is 1. The molecule has 0 aliphatic heterocycles. The van der Waals surface area contributed by atoms with E-state index in [1.165, 1.54) is 0 Å². The fourth-order valence-corrected chi connectivity index (χ4v) is 6.35. The fraction of sp³-hybridized carbons (Fsp3) is 0.367. The lowest BCUT2D eigenvalue weighted by Crippen LogP contribution is -2.60. The molecule has 2 amide bonds. The minimum absolute atomic E-state index is 0. The summed E-state index contributed by atoms with van der Waals surface area (Å²) in [5, 5.41) is 14.8. The zero-order valence-electron chi connectivity index (χ0n) is 23.3. The van der Waals surface area contributed by atoms with Crippen LogP contribution < -0.4 is 21.1 Å². The van der Waals surface area contributed by atoms with E-state index in [0.29, 0.717) is 5.56 Å². The van der Waals surface area contributed by atoms with Crippen molar-refractivity contribution in [1.29, 1.82) is 5.41 Å². The zero-order chi connectivity index (χ0) is 28.9. The van der Waals surface area contributed by atoms with Crippen LogP contribution in [0.25, 0.3) is 10.8 Å². The zero-order valence-corrected chi connectivity index (χ0v) is 24.9. The summed E-state index contributed by atoms with van der Waals surface area (Å²) in [7, 11) is -4.01. The molecule has 1 fully saturated rings. The SMILES string of the molecule is CC(C)(NC(=O)[C@H](NS(=O)(=O)c1ccc2ccccc2c1)C1CCCCC1)C(=O)NCc1ccc(C(=N)N)cc1.Cl. The minimum Gasteiger partial charge on any atom is -0.384 e. The third kappa shape index (κ3) is 8.06. The molecule has 6 N–H and O–H groups in total. The van der Waals surface area contributed by atoms with Crippen molar-refractivity contribution in [1.82, 2.24) is 15.4 Å². The third-order valence-electron chi connectivity index (χ3n) is 7.44. The van der Waals surface area contributed by atoms with Crippen LogP contribution in [-0.2, 0) is 26.2 Å². The number of halogens is 1. The molecule has 0 aromatic heterocycles. The van der Waals surface area contributed by atoms with Crippen molar-refractivity contribution < 1.29 is 18.0 Å². The van der Waals surface area contributed by atoms with E-state index < -0.39 is 33.4 Å². The molecule has 1 aliphatic carbocycles. The van der Waals surface area contributed by atoms with Crippen LogP contribution in [0.4, 0.5) is 0 Å². The Kier molecular flexibility index (Phi) is 10.5. The summed E-state index contributed by atoms with van der Waals surface area (Å²) in [6.45, 7) is 3.40. The molecule has 1 aliphatic rings. The largest absolute Gasteiger partial charge is 0.384 e. The van der Waals surface area contributed by atoms with Gasteiger partial charge in [-0.25, -0.2) is 8.42 Å². The lowest BCUT2D eigenvalue weighted by molar-refractivity contribution is -0.133. The average molecular weight is 600 g/mol. The Bertz CT molecular complexity index is 1500.